The van der Waals surface area contributed by atoms with Gasteiger partial charge in [-0.3, -0.25) is 14.8 Å². The number of aromatic nitrogens is 4. The van der Waals surface area contributed by atoms with Gasteiger partial charge in [-0.25, -0.2) is 0 Å². The van der Waals surface area contributed by atoms with Crippen LogP contribution < -0.4 is 0 Å². The fourth-order valence-corrected chi connectivity index (χ4v) is 1.67. The van der Waals surface area contributed by atoms with Crippen molar-refractivity contribution in [2.45, 2.75) is 31.7 Å². The third-order valence-electron chi connectivity index (χ3n) is 2.95. The standard InChI is InChI=1S/C10H11N5O3/c1-6(14-5-8(4-11-14)15(16)17)10-12-9(13-18-10)7-2-3-7/h4-7H,2-3H2,1H3/t6-/m0/s1. The summed E-state index contributed by atoms with van der Waals surface area (Å²) in [5.74, 6) is 1.56. The first-order valence-corrected chi connectivity index (χ1v) is 5.67. The summed E-state index contributed by atoms with van der Waals surface area (Å²) < 4.78 is 6.61. The lowest BCUT2D eigenvalue weighted by atomic mass is 10.3. The molecular weight excluding hydrogens is 238 g/mol. The molecule has 0 spiro atoms. The molecule has 0 bridgehead atoms. The Morgan fingerprint density at radius 2 is 2.39 bits per heavy atom. The van der Waals surface area contributed by atoms with Gasteiger partial charge in [-0.1, -0.05) is 5.16 Å². The van der Waals surface area contributed by atoms with Gasteiger partial charge >= 0.3 is 5.69 Å². The van der Waals surface area contributed by atoms with E-state index in [9.17, 15) is 10.1 Å². The second-order valence-corrected chi connectivity index (χ2v) is 4.38. The van der Waals surface area contributed by atoms with Crippen LogP contribution in [-0.2, 0) is 0 Å². The lowest BCUT2D eigenvalue weighted by molar-refractivity contribution is -0.385. The maximum atomic E-state index is 10.6. The van der Waals surface area contributed by atoms with Crippen molar-refractivity contribution in [2.24, 2.45) is 0 Å². The van der Waals surface area contributed by atoms with Gasteiger partial charge in [-0.15, -0.1) is 0 Å². The molecule has 0 aromatic carbocycles. The van der Waals surface area contributed by atoms with E-state index in [4.69, 9.17) is 4.52 Å². The van der Waals surface area contributed by atoms with Crippen molar-refractivity contribution in [3.05, 3.63) is 34.2 Å². The lowest BCUT2D eigenvalue weighted by Gasteiger charge is -2.04. The average molecular weight is 249 g/mol. The fraction of sp³-hybridized carbons (Fsp3) is 0.500. The molecule has 3 rings (SSSR count). The largest absolute Gasteiger partial charge is 0.337 e. The van der Waals surface area contributed by atoms with Gasteiger partial charge in [0.2, 0.25) is 0 Å². The first-order valence-electron chi connectivity index (χ1n) is 5.67. The molecule has 1 fully saturated rings. The van der Waals surface area contributed by atoms with Crippen molar-refractivity contribution in [1.29, 1.82) is 0 Å². The smallest absolute Gasteiger partial charge is 0.307 e. The molecule has 1 aliphatic rings. The zero-order chi connectivity index (χ0) is 12.7. The molecule has 2 heterocycles. The molecule has 0 N–H and O–H groups in total. The Balaban J connectivity index is 1.82. The monoisotopic (exact) mass is 249 g/mol. The van der Waals surface area contributed by atoms with Crippen LogP contribution in [0.5, 0.6) is 0 Å². The summed E-state index contributed by atoms with van der Waals surface area (Å²) >= 11 is 0. The normalized spacial score (nSPS) is 16.7. The molecule has 0 amide bonds. The van der Waals surface area contributed by atoms with Crippen molar-refractivity contribution in [3.63, 3.8) is 0 Å². The molecule has 2 aromatic rings. The summed E-state index contributed by atoms with van der Waals surface area (Å²) in [5.41, 5.74) is -0.0521. The van der Waals surface area contributed by atoms with Gasteiger partial charge in [0.05, 0.1) is 4.92 Å². The molecule has 18 heavy (non-hydrogen) atoms. The Morgan fingerprint density at radius 3 is 3.00 bits per heavy atom. The van der Waals surface area contributed by atoms with Crippen LogP contribution in [0.3, 0.4) is 0 Å². The first kappa shape index (κ1) is 10.9. The highest BCUT2D eigenvalue weighted by molar-refractivity contribution is 5.21. The Kier molecular flexibility index (Phi) is 2.35. The summed E-state index contributed by atoms with van der Waals surface area (Å²) in [4.78, 5) is 14.4. The Hall–Kier alpha value is -2.25. The van der Waals surface area contributed by atoms with E-state index in [1.165, 1.54) is 17.1 Å². The summed E-state index contributed by atoms with van der Waals surface area (Å²) in [6, 6.07) is -0.307. The van der Waals surface area contributed by atoms with E-state index in [1.807, 2.05) is 0 Å². The van der Waals surface area contributed by atoms with Gasteiger partial charge < -0.3 is 4.52 Å². The Morgan fingerprint density at radius 1 is 1.61 bits per heavy atom. The van der Waals surface area contributed by atoms with Crippen molar-refractivity contribution in [1.82, 2.24) is 19.9 Å². The van der Waals surface area contributed by atoms with Crippen molar-refractivity contribution >= 4 is 5.69 Å². The summed E-state index contributed by atoms with van der Waals surface area (Å²) in [6.45, 7) is 1.81. The van der Waals surface area contributed by atoms with Gasteiger partial charge in [0.25, 0.3) is 5.89 Å². The van der Waals surface area contributed by atoms with Crippen LogP contribution in [0.15, 0.2) is 16.9 Å². The van der Waals surface area contributed by atoms with Crippen molar-refractivity contribution < 1.29 is 9.45 Å². The summed E-state index contributed by atoms with van der Waals surface area (Å²) in [5, 5.41) is 18.4. The molecular formula is C10H11N5O3. The van der Waals surface area contributed by atoms with Gasteiger partial charge in [0, 0.05) is 5.92 Å². The molecule has 0 aliphatic heterocycles. The Labute approximate surface area is 102 Å². The molecule has 2 aromatic heterocycles. The molecule has 1 aliphatic carbocycles. The van der Waals surface area contributed by atoms with Gasteiger partial charge in [0.1, 0.15) is 18.4 Å². The SMILES string of the molecule is C[C@@H](c1nc(C2CC2)no1)n1cc([N+](=O)[O-])cn1. The number of nitrogens with zero attached hydrogens (tertiary/aromatic N) is 5. The minimum atomic E-state index is -0.486. The quantitative estimate of drug-likeness (QED) is 0.603. The summed E-state index contributed by atoms with van der Waals surface area (Å²) in [7, 11) is 0. The van der Waals surface area contributed by atoms with Gasteiger partial charge in [0.15, 0.2) is 5.82 Å². The zero-order valence-electron chi connectivity index (χ0n) is 9.68. The number of nitro groups is 1. The topological polar surface area (TPSA) is 99.9 Å². The van der Waals surface area contributed by atoms with E-state index < -0.39 is 4.92 Å². The molecule has 0 radical (unpaired) electrons. The van der Waals surface area contributed by atoms with Crippen LogP contribution in [-0.4, -0.2) is 24.8 Å². The van der Waals surface area contributed by atoms with E-state index in [1.54, 1.807) is 6.92 Å². The highest BCUT2D eigenvalue weighted by Gasteiger charge is 2.30. The molecule has 94 valence electrons. The highest BCUT2D eigenvalue weighted by Crippen LogP contribution is 2.38. The average Bonchev–Trinajstić information content (AvgIpc) is 2.92. The molecule has 8 heteroatoms. The predicted octanol–water partition coefficient (Wildman–Crippen LogP) is 1.66. The van der Waals surface area contributed by atoms with Crippen LogP contribution in [0.25, 0.3) is 0 Å². The zero-order valence-corrected chi connectivity index (χ0v) is 9.68. The maximum absolute atomic E-state index is 10.6. The molecule has 0 saturated heterocycles. The van der Waals surface area contributed by atoms with Crippen molar-refractivity contribution in [3.8, 4) is 0 Å². The van der Waals surface area contributed by atoms with E-state index in [-0.39, 0.29) is 11.7 Å². The predicted molar refractivity (Wildman–Crippen MR) is 59.0 cm³/mol. The minimum absolute atomic E-state index is 0.0521. The van der Waals surface area contributed by atoms with E-state index in [2.05, 4.69) is 15.2 Å². The number of rotatable bonds is 4. The summed E-state index contributed by atoms with van der Waals surface area (Å²) in [6.07, 6.45) is 4.75. The second-order valence-electron chi connectivity index (χ2n) is 4.38. The second kappa shape index (κ2) is 3.90. The third kappa shape index (κ3) is 1.85. The minimum Gasteiger partial charge on any atom is -0.337 e. The van der Waals surface area contributed by atoms with E-state index >= 15 is 0 Å². The lowest BCUT2D eigenvalue weighted by Crippen LogP contribution is -2.07. The molecule has 1 atom stereocenters. The first-order chi connectivity index (χ1) is 8.65. The number of hydrogen-bond donors (Lipinski definition) is 0. The van der Waals surface area contributed by atoms with Gasteiger partial charge in [-0.2, -0.15) is 10.1 Å². The van der Waals surface area contributed by atoms with Crippen LogP contribution in [0, 0.1) is 10.1 Å². The van der Waals surface area contributed by atoms with Crippen LogP contribution in [0.4, 0.5) is 5.69 Å². The van der Waals surface area contributed by atoms with Crippen LogP contribution >= 0.6 is 0 Å². The Bertz CT molecular complexity index is 586. The van der Waals surface area contributed by atoms with Crippen LogP contribution in [0.2, 0.25) is 0 Å². The fourth-order valence-electron chi connectivity index (χ4n) is 1.67. The molecule has 0 unspecified atom stereocenters. The number of hydrogen-bond acceptors (Lipinski definition) is 6. The maximum Gasteiger partial charge on any atom is 0.307 e. The third-order valence-corrected chi connectivity index (χ3v) is 2.95. The van der Waals surface area contributed by atoms with Gasteiger partial charge in [-0.05, 0) is 19.8 Å². The van der Waals surface area contributed by atoms with Crippen molar-refractivity contribution in [2.75, 3.05) is 0 Å². The van der Waals surface area contributed by atoms with E-state index in [0.29, 0.717) is 11.8 Å². The molecule has 8 nitrogen and oxygen atoms in total. The van der Waals surface area contributed by atoms with E-state index in [0.717, 1.165) is 18.7 Å². The highest BCUT2D eigenvalue weighted by atomic mass is 16.6. The van der Waals surface area contributed by atoms with Crippen LogP contribution in [0.1, 0.15) is 43.4 Å². The molecule has 1 saturated carbocycles.